The highest BCUT2D eigenvalue weighted by Crippen LogP contribution is 2.32. The predicted octanol–water partition coefficient (Wildman–Crippen LogP) is 5.15. The Bertz CT molecular complexity index is 655. The third-order valence-corrected chi connectivity index (χ3v) is 2.87. The largest absolute Gasteiger partial charge is 0.417 e. The van der Waals surface area contributed by atoms with E-state index in [1.165, 1.54) is 12.1 Å². The zero-order valence-corrected chi connectivity index (χ0v) is 12.4. The number of alkyl halides is 3. The molecule has 116 valence electrons. The Hall–Kier alpha value is -1.85. The molecule has 2 aromatic rings. The lowest BCUT2D eigenvalue weighted by atomic mass is 10.1. The van der Waals surface area contributed by atoms with Crippen molar-refractivity contribution in [3.05, 3.63) is 71.3 Å². The Morgan fingerprint density at radius 2 is 1.27 bits per heavy atom. The first kappa shape index (κ1) is 18.2. The van der Waals surface area contributed by atoms with Gasteiger partial charge in [0.2, 0.25) is 0 Å². The van der Waals surface area contributed by atoms with Gasteiger partial charge >= 0.3 is 6.18 Å². The summed E-state index contributed by atoms with van der Waals surface area (Å²) >= 11 is 10.1. The highest BCUT2D eigenvalue weighted by molar-refractivity contribution is 6.68. The van der Waals surface area contributed by atoms with Gasteiger partial charge in [0.1, 0.15) is 0 Å². The van der Waals surface area contributed by atoms with Crippen molar-refractivity contribution >= 4 is 33.7 Å². The number of hydrogen-bond donors (Lipinski definition) is 0. The molecule has 0 spiro atoms. The van der Waals surface area contributed by atoms with Crippen molar-refractivity contribution in [2.24, 2.45) is 0 Å². The van der Waals surface area contributed by atoms with Crippen molar-refractivity contribution in [1.29, 1.82) is 0 Å². The van der Waals surface area contributed by atoms with Crippen LogP contribution in [0.15, 0.2) is 54.6 Å². The van der Waals surface area contributed by atoms with E-state index in [0.717, 1.165) is 12.1 Å². The maximum Gasteiger partial charge on any atom is 0.417 e. The number of carbonyl (C=O) groups is 2. The summed E-state index contributed by atoms with van der Waals surface area (Å²) < 4.78 is 36.6. The summed E-state index contributed by atoms with van der Waals surface area (Å²) in [4.78, 5) is 21.0. The predicted molar refractivity (Wildman–Crippen MR) is 78.3 cm³/mol. The van der Waals surface area contributed by atoms with Crippen molar-refractivity contribution < 1.29 is 22.8 Å². The molecule has 0 saturated carbocycles. The summed E-state index contributed by atoms with van der Waals surface area (Å²) in [5.41, 5.74) is -0.981. The second-order valence-corrected chi connectivity index (χ2v) is 4.64. The maximum absolute atomic E-state index is 12.2. The van der Waals surface area contributed by atoms with E-state index in [2.05, 4.69) is 0 Å². The van der Waals surface area contributed by atoms with E-state index in [0.29, 0.717) is 5.56 Å². The second-order valence-electron chi connectivity index (χ2n) is 3.96. The molecule has 0 atom stereocenters. The van der Waals surface area contributed by atoms with Crippen LogP contribution < -0.4 is 0 Å². The lowest BCUT2D eigenvalue weighted by molar-refractivity contribution is -0.137. The standard InChI is InChI=1S/C8H4ClF3O.C7H5ClO/c9-7(13)5-3-1-2-4-6(5)8(10,11)12;8-7(9)6-4-2-1-3-5-6/h1-4H;1-5H. The van der Waals surface area contributed by atoms with Crippen LogP contribution in [0.25, 0.3) is 0 Å². The van der Waals surface area contributed by atoms with Gasteiger partial charge in [0.05, 0.1) is 5.56 Å². The van der Waals surface area contributed by atoms with E-state index in [1.807, 2.05) is 6.07 Å². The number of benzene rings is 2. The van der Waals surface area contributed by atoms with Crippen molar-refractivity contribution in [1.82, 2.24) is 0 Å². The van der Waals surface area contributed by atoms with E-state index < -0.39 is 27.8 Å². The summed E-state index contributed by atoms with van der Waals surface area (Å²) in [5, 5.41) is -1.51. The molecule has 7 heteroatoms. The highest BCUT2D eigenvalue weighted by Gasteiger charge is 2.34. The van der Waals surface area contributed by atoms with E-state index in [1.54, 1.807) is 24.3 Å². The number of halogens is 5. The minimum absolute atomic E-state index is 0.407. The van der Waals surface area contributed by atoms with Crippen LogP contribution >= 0.6 is 23.2 Å². The molecule has 0 heterocycles. The van der Waals surface area contributed by atoms with Crippen LogP contribution in [-0.2, 0) is 6.18 Å². The van der Waals surface area contributed by atoms with Gasteiger partial charge in [-0.25, -0.2) is 0 Å². The zero-order valence-electron chi connectivity index (χ0n) is 10.9. The summed E-state index contributed by atoms with van der Waals surface area (Å²) in [6.45, 7) is 0. The van der Waals surface area contributed by atoms with Crippen LogP contribution in [-0.4, -0.2) is 10.5 Å². The van der Waals surface area contributed by atoms with Gasteiger partial charge in [-0.15, -0.1) is 0 Å². The van der Waals surface area contributed by atoms with E-state index in [4.69, 9.17) is 23.2 Å². The van der Waals surface area contributed by atoms with Gasteiger partial charge < -0.3 is 0 Å². The number of hydrogen-bond acceptors (Lipinski definition) is 2. The van der Waals surface area contributed by atoms with E-state index in [-0.39, 0.29) is 0 Å². The second kappa shape index (κ2) is 7.96. The lowest BCUT2D eigenvalue weighted by Crippen LogP contribution is -2.10. The van der Waals surface area contributed by atoms with Crippen molar-refractivity contribution in [3.63, 3.8) is 0 Å². The van der Waals surface area contributed by atoms with Gasteiger partial charge in [-0.1, -0.05) is 42.5 Å². The molecule has 0 saturated heterocycles. The van der Waals surface area contributed by atoms with Gasteiger partial charge in [0.15, 0.2) is 0 Å². The molecule has 0 radical (unpaired) electrons. The van der Waals surface area contributed by atoms with Gasteiger partial charge in [-0.3, -0.25) is 9.59 Å². The van der Waals surface area contributed by atoms with E-state index in [9.17, 15) is 22.8 Å². The molecule has 22 heavy (non-hydrogen) atoms. The van der Waals surface area contributed by atoms with Crippen molar-refractivity contribution in [2.45, 2.75) is 6.18 Å². The molecule has 2 nitrogen and oxygen atoms in total. The molecular formula is C15H9Cl2F3O2. The lowest BCUT2D eigenvalue weighted by Gasteiger charge is -2.08. The minimum atomic E-state index is -4.54. The van der Waals surface area contributed by atoms with Crippen LogP contribution in [0.4, 0.5) is 13.2 Å². The third-order valence-electron chi connectivity index (χ3n) is 2.44. The van der Waals surface area contributed by atoms with Gasteiger partial charge in [0, 0.05) is 11.1 Å². The molecule has 0 bridgehead atoms. The Kier molecular flexibility index (Phi) is 6.59. The maximum atomic E-state index is 12.2. The molecular weight excluding hydrogens is 340 g/mol. The molecule has 0 aliphatic carbocycles. The fourth-order valence-corrected chi connectivity index (χ4v) is 1.76. The Morgan fingerprint density at radius 3 is 1.64 bits per heavy atom. The first-order valence-electron chi connectivity index (χ1n) is 5.84. The smallest absolute Gasteiger partial charge is 0.276 e. The van der Waals surface area contributed by atoms with Gasteiger partial charge in [-0.05, 0) is 35.3 Å². The quantitative estimate of drug-likeness (QED) is 0.703. The molecule has 2 aromatic carbocycles. The normalized spacial score (nSPS) is 10.4. The van der Waals surface area contributed by atoms with Crippen LogP contribution in [0.1, 0.15) is 26.3 Å². The first-order valence-corrected chi connectivity index (χ1v) is 6.60. The van der Waals surface area contributed by atoms with Crippen molar-refractivity contribution in [3.8, 4) is 0 Å². The molecule has 0 aliphatic heterocycles. The average Bonchev–Trinajstić information content (AvgIpc) is 2.48. The van der Waals surface area contributed by atoms with Crippen LogP contribution in [0.5, 0.6) is 0 Å². The fourth-order valence-electron chi connectivity index (χ4n) is 1.47. The topological polar surface area (TPSA) is 34.1 Å². The summed E-state index contributed by atoms with van der Waals surface area (Å²) in [6.07, 6.45) is -4.54. The Labute approximate surface area is 134 Å². The summed E-state index contributed by atoms with van der Waals surface area (Å²) in [5.74, 6) is 0. The number of carbonyl (C=O) groups excluding carboxylic acids is 2. The minimum Gasteiger partial charge on any atom is -0.276 e. The third kappa shape index (κ3) is 5.50. The average molecular weight is 349 g/mol. The Morgan fingerprint density at radius 1 is 0.773 bits per heavy atom. The first-order chi connectivity index (χ1) is 10.2. The van der Waals surface area contributed by atoms with Crippen LogP contribution in [0, 0.1) is 0 Å². The molecule has 0 aliphatic rings. The van der Waals surface area contributed by atoms with Gasteiger partial charge in [-0.2, -0.15) is 13.2 Å². The SMILES string of the molecule is O=C(Cl)c1ccccc1.O=C(Cl)c1ccccc1C(F)(F)F. The molecule has 0 fully saturated rings. The molecule has 0 N–H and O–H groups in total. The molecule has 0 amide bonds. The monoisotopic (exact) mass is 348 g/mol. The zero-order chi connectivity index (χ0) is 16.8. The Balaban J connectivity index is 0.000000235. The molecule has 0 aromatic heterocycles. The van der Waals surface area contributed by atoms with Crippen LogP contribution in [0.2, 0.25) is 0 Å². The van der Waals surface area contributed by atoms with Gasteiger partial charge in [0.25, 0.3) is 10.5 Å². The van der Waals surface area contributed by atoms with Crippen molar-refractivity contribution in [2.75, 3.05) is 0 Å². The van der Waals surface area contributed by atoms with Crippen LogP contribution in [0.3, 0.4) is 0 Å². The molecule has 2 rings (SSSR count). The highest BCUT2D eigenvalue weighted by atomic mass is 35.5. The van der Waals surface area contributed by atoms with E-state index >= 15 is 0 Å². The number of rotatable bonds is 2. The summed E-state index contributed by atoms with van der Waals surface area (Å²) in [6, 6.07) is 13.1. The molecule has 0 unspecified atom stereocenters. The summed E-state index contributed by atoms with van der Waals surface area (Å²) in [7, 11) is 0. The fraction of sp³-hybridized carbons (Fsp3) is 0.0667.